The lowest BCUT2D eigenvalue weighted by molar-refractivity contribution is 0.00760. The molecule has 1 saturated heterocycles. The number of likely N-dealkylation sites (tertiary alicyclic amines) is 1. The Morgan fingerprint density at radius 3 is 2.80 bits per heavy atom. The summed E-state index contributed by atoms with van der Waals surface area (Å²) in [6.45, 7) is 7.10. The van der Waals surface area contributed by atoms with Crippen LogP contribution in [0.1, 0.15) is 62.5 Å². The van der Waals surface area contributed by atoms with Gasteiger partial charge in [0, 0.05) is 19.2 Å². The fourth-order valence-corrected chi connectivity index (χ4v) is 3.61. The molecule has 1 aliphatic heterocycles. The molecular weight excluding hydrogens is 338 g/mol. The van der Waals surface area contributed by atoms with Gasteiger partial charge in [0.25, 0.3) is 0 Å². The van der Waals surface area contributed by atoms with E-state index in [1.165, 1.54) is 11.3 Å². The first-order valence-electron chi connectivity index (χ1n) is 9.01. The lowest BCUT2D eigenvalue weighted by Crippen LogP contribution is -2.46. The van der Waals surface area contributed by atoms with Gasteiger partial charge in [-0.2, -0.15) is 0 Å². The average molecular weight is 368 g/mol. The van der Waals surface area contributed by atoms with E-state index in [4.69, 9.17) is 9.47 Å². The predicted octanol–water partition coefficient (Wildman–Crippen LogP) is 4.52. The number of carbonyl (C=O) groups is 2. The van der Waals surface area contributed by atoms with E-state index in [1.54, 1.807) is 0 Å². The molecule has 2 rings (SSSR count). The summed E-state index contributed by atoms with van der Waals surface area (Å²) in [5.41, 5.74) is -0.468. The molecule has 1 unspecified atom stereocenters. The summed E-state index contributed by atoms with van der Waals surface area (Å²) in [5.74, 6) is 0.0306. The molecule has 0 bridgehead atoms. The molecule has 1 aromatic heterocycles. The molecule has 1 aromatic rings. The molecular formula is C19H29NO4S. The second-order valence-corrected chi connectivity index (χ2v) is 8.37. The van der Waals surface area contributed by atoms with Crippen LogP contribution in [0.3, 0.4) is 0 Å². The number of rotatable bonds is 7. The van der Waals surface area contributed by atoms with Crippen molar-refractivity contribution in [1.82, 2.24) is 4.90 Å². The molecule has 0 saturated carbocycles. The smallest absolute Gasteiger partial charge is 0.410 e. The van der Waals surface area contributed by atoms with Crippen LogP contribution < -0.4 is 0 Å². The van der Waals surface area contributed by atoms with Crippen LogP contribution in [0, 0.1) is 0 Å². The van der Waals surface area contributed by atoms with E-state index in [2.05, 4.69) is 0 Å². The minimum atomic E-state index is -0.468. The fraction of sp³-hybridized carbons (Fsp3) is 0.684. The van der Waals surface area contributed by atoms with Gasteiger partial charge in [-0.15, -0.1) is 11.3 Å². The Balaban J connectivity index is 1.70. The Bertz CT molecular complexity index is 550. The van der Waals surface area contributed by atoms with Gasteiger partial charge in [0.1, 0.15) is 12.2 Å². The van der Waals surface area contributed by atoms with Crippen molar-refractivity contribution in [1.29, 1.82) is 0 Å². The SMILES string of the molecule is CC(C)(C)OC(=O)N1CCCCC1CCCOCC(=O)c1cccs1. The first-order chi connectivity index (χ1) is 11.9. The van der Waals surface area contributed by atoms with Crippen LogP contribution >= 0.6 is 11.3 Å². The number of amides is 1. The maximum atomic E-state index is 12.4. The zero-order valence-corrected chi connectivity index (χ0v) is 16.3. The Morgan fingerprint density at radius 2 is 2.12 bits per heavy atom. The average Bonchev–Trinajstić information content (AvgIpc) is 3.07. The van der Waals surface area contributed by atoms with Gasteiger partial charge in [0.2, 0.25) is 0 Å². The molecule has 5 nitrogen and oxygen atoms in total. The Labute approximate surface area is 154 Å². The second-order valence-electron chi connectivity index (χ2n) is 7.42. The van der Waals surface area contributed by atoms with Crippen molar-refractivity contribution in [3.63, 3.8) is 0 Å². The molecule has 0 aliphatic carbocycles. The van der Waals surface area contributed by atoms with E-state index in [1.807, 2.05) is 43.2 Å². The molecule has 1 aliphatic rings. The van der Waals surface area contributed by atoms with Crippen LogP contribution in [0.25, 0.3) is 0 Å². The van der Waals surface area contributed by atoms with Crippen LogP contribution in [-0.4, -0.2) is 48.2 Å². The fourth-order valence-electron chi connectivity index (χ4n) is 2.96. The number of hydrogen-bond donors (Lipinski definition) is 0. The van der Waals surface area contributed by atoms with Crippen molar-refractivity contribution < 1.29 is 19.1 Å². The topological polar surface area (TPSA) is 55.8 Å². The molecule has 0 radical (unpaired) electrons. The first kappa shape index (κ1) is 19.9. The van der Waals surface area contributed by atoms with Gasteiger partial charge >= 0.3 is 6.09 Å². The van der Waals surface area contributed by atoms with E-state index < -0.39 is 5.60 Å². The third kappa shape index (κ3) is 6.78. The first-order valence-corrected chi connectivity index (χ1v) is 9.89. The standard InChI is InChI=1S/C19H29NO4S/c1-19(2,3)24-18(22)20-11-5-4-8-15(20)9-6-12-23-14-16(21)17-10-7-13-25-17/h7,10,13,15H,4-6,8-9,11-12,14H2,1-3H3. The highest BCUT2D eigenvalue weighted by atomic mass is 32.1. The summed E-state index contributed by atoms with van der Waals surface area (Å²) in [6.07, 6.45) is 4.68. The maximum Gasteiger partial charge on any atom is 0.410 e. The van der Waals surface area contributed by atoms with E-state index in [0.717, 1.165) is 43.5 Å². The highest BCUT2D eigenvalue weighted by molar-refractivity contribution is 7.12. The van der Waals surface area contributed by atoms with Crippen LogP contribution in [0.4, 0.5) is 4.79 Å². The number of ether oxygens (including phenoxy) is 2. The molecule has 1 fully saturated rings. The van der Waals surface area contributed by atoms with Crippen LogP contribution in [0.5, 0.6) is 0 Å². The van der Waals surface area contributed by atoms with Crippen molar-refractivity contribution in [2.75, 3.05) is 19.8 Å². The summed E-state index contributed by atoms with van der Waals surface area (Å²) in [5, 5.41) is 1.89. The number of nitrogens with zero attached hydrogens (tertiary/aromatic N) is 1. The van der Waals surface area contributed by atoms with Crippen LogP contribution in [-0.2, 0) is 9.47 Å². The second kappa shape index (κ2) is 9.34. The van der Waals surface area contributed by atoms with E-state index in [0.29, 0.717) is 6.61 Å². The summed E-state index contributed by atoms with van der Waals surface area (Å²) in [4.78, 5) is 26.8. The summed E-state index contributed by atoms with van der Waals surface area (Å²) >= 11 is 1.44. The van der Waals surface area contributed by atoms with Crippen LogP contribution in [0.15, 0.2) is 17.5 Å². The third-order valence-electron chi connectivity index (χ3n) is 4.11. The van der Waals surface area contributed by atoms with Gasteiger partial charge in [0.15, 0.2) is 5.78 Å². The zero-order valence-electron chi connectivity index (χ0n) is 15.5. The van der Waals surface area contributed by atoms with Crippen molar-refractivity contribution in [2.45, 2.75) is 64.5 Å². The lowest BCUT2D eigenvalue weighted by Gasteiger charge is -2.36. The number of hydrogen-bond acceptors (Lipinski definition) is 5. The van der Waals surface area contributed by atoms with Gasteiger partial charge in [-0.1, -0.05) is 6.07 Å². The molecule has 0 spiro atoms. The third-order valence-corrected chi connectivity index (χ3v) is 5.02. The molecule has 2 heterocycles. The zero-order chi connectivity index (χ0) is 18.3. The number of carbonyl (C=O) groups excluding carboxylic acids is 2. The van der Waals surface area contributed by atoms with Crippen molar-refractivity contribution in [3.8, 4) is 0 Å². The number of ketones is 1. The molecule has 1 atom stereocenters. The summed E-state index contributed by atoms with van der Waals surface area (Å²) < 4.78 is 11.0. The quantitative estimate of drug-likeness (QED) is 0.525. The molecule has 1 amide bonds. The van der Waals surface area contributed by atoms with Crippen molar-refractivity contribution in [2.24, 2.45) is 0 Å². The minimum absolute atomic E-state index is 0.0306. The molecule has 6 heteroatoms. The Kier molecular flexibility index (Phi) is 7.44. The normalized spacial score (nSPS) is 18.2. The largest absolute Gasteiger partial charge is 0.444 e. The maximum absolute atomic E-state index is 12.4. The molecule has 0 aromatic carbocycles. The predicted molar refractivity (Wildman–Crippen MR) is 99.3 cm³/mol. The Morgan fingerprint density at radius 1 is 1.32 bits per heavy atom. The van der Waals surface area contributed by atoms with E-state index in [9.17, 15) is 9.59 Å². The number of piperidine rings is 1. The van der Waals surface area contributed by atoms with Crippen molar-refractivity contribution in [3.05, 3.63) is 22.4 Å². The van der Waals surface area contributed by atoms with E-state index in [-0.39, 0.29) is 24.5 Å². The summed E-state index contributed by atoms with van der Waals surface area (Å²) in [7, 11) is 0. The van der Waals surface area contributed by atoms with Crippen molar-refractivity contribution >= 4 is 23.2 Å². The number of thiophene rings is 1. The van der Waals surface area contributed by atoms with E-state index >= 15 is 0 Å². The van der Waals surface area contributed by atoms with Gasteiger partial charge in [-0.05, 0) is 64.3 Å². The number of Topliss-reactive ketones (excluding diaryl/α,β-unsaturated/α-hetero) is 1. The highest BCUT2D eigenvalue weighted by Gasteiger charge is 2.30. The van der Waals surface area contributed by atoms with Crippen LogP contribution in [0.2, 0.25) is 0 Å². The summed E-state index contributed by atoms with van der Waals surface area (Å²) in [6, 6.07) is 3.89. The Hall–Kier alpha value is -1.40. The van der Waals surface area contributed by atoms with Gasteiger partial charge < -0.3 is 14.4 Å². The lowest BCUT2D eigenvalue weighted by atomic mass is 9.98. The molecule has 25 heavy (non-hydrogen) atoms. The molecule has 140 valence electrons. The highest BCUT2D eigenvalue weighted by Crippen LogP contribution is 2.23. The minimum Gasteiger partial charge on any atom is -0.444 e. The van der Waals surface area contributed by atoms with Gasteiger partial charge in [-0.3, -0.25) is 4.79 Å². The molecule has 0 N–H and O–H groups in total. The van der Waals surface area contributed by atoms with Gasteiger partial charge in [0.05, 0.1) is 4.88 Å². The van der Waals surface area contributed by atoms with Gasteiger partial charge in [-0.25, -0.2) is 4.79 Å². The monoisotopic (exact) mass is 367 g/mol.